The summed E-state index contributed by atoms with van der Waals surface area (Å²) in [6.45, 7) is 6.71. The number of nitrogens with zero attached hydrogens (tertiary/aromatic N) is 4. The normalized spacial score (nSPS) is 12.6. The Bertz CT molecular complexity index is 959. The molecular weight excluding hydrogens is 370 g/mol. The Kier molecular flexibility index (Phi) is 5.93. The molecule has 1 aromatic heterocycles. The van der Waals surface area contributed by atoms with Crippen LogP contribution in [0.25, 0.3) is 11.4 Å². The standard InChI is InChI=1S/C21H25N5O3/c1-21(2,3)16-8-10-18(11-9-16)29-13-17(27)12-26-24-20(23-25-26)15-6-4-14(5-7-15)19(22)28/h4-11,17,27H,12-13H2,1-3H3,(H2,22,28)/t17-/m1/s1. The number of aliphatic hydroxyl groups is 1. The molecule has 0 bridgehead atoms. The molecule has 0 saturated carbocycles. The van der Waals surface area contributed by atoms with Gasteiger partial charge in [-0.3, -0.25) is 4.79 Å². The van der Waals surface area contributed by atoms with E-state index in [1.54, 1.807) is 24.3 Å². The van der Waals surface area contributed by atoms with Gasteiger partial charge in [0.25, 0.3) is 0 Å². The van der Waals surface area contributed by atoms with Crippen molar-refractivity contribution in [2.75, 3.05) is 6.61 Å². The maximum Gasteiger partial charge on any atom is 0.248 e. The first-order chi connectivity index (χ1) is 13.7. The van der Waals surface area contributed by atoms with Gasteiger partial charge in [-0.25, -0.2) is 0 Å². The van der Waals surface area contributed by atoms with Gasteiger partial charge in [0.1, 0.15) is 18.5 Å². The number of amides is 1. The third kappa shape index (κ3) is 5.39. The van der Waals surface area contributed by atoms with E-state index in [1.165, 1.54) is 10.4 Å². The molecule has 1 heterocycles. The summed E-state index contributed by atoms with van der Waals surface area (Å²) in [5.41, 5.74) is 7.63. The molecule has 3 aromatic rings. The molecule has 0 aliphatic rings. The number of tetrazole rings is 1. The summed E-state index contributed by atoms with van der Waals surface area (Å²) in [5, 5.41) is 22.4. The number of carbonyl (C=O) groups is 1. The highest BCUT2D eigenvalue weighted by molar-refractivity contribution is 5.93. The Hall–Kier alpha value is -3.26. The van der Waals surface area contributed by atoms with E-state index in [1.807, 2.05) is 24.3 Å². The van der Waals surface area contributed by atoms with E-state index in [-0.39, 0.29) is 18.6 Å². The molecule has 0 saturated heterocycles. The summed E-state index contributed by atoms with van der Waals surface area (Å²) < 4.78 is 5.65. The van der Waals surface area contributed by atoms with Crippen molar-refractivity contribution in [3.8, 4) is 17.1 Å². The van der Waals surface area contributed by atoms with Gasteiger partial charge in [0.15, 0.2) is 0 Å². The van der Waals surface area contributed by atoms with Crippen LogP contribution in [0.15, 0.2) is 48.5 Å². The summed E-state index contributed by atoms with van der Waals surface area (Å²) >= 11 is 0. The van der Waals surface area contributed by atoms with Crippen molar-refractivity contribution in [3.63, 3.8) is 0 Å². The predicted molar refractivity (Wildman–Crippen MR) is 108 cm³/mol. The van der Waals surface area contributed by atoms with Crippen molar-refractivity contribution in [2.45, 2.75) is 38.8 Å². The third-order valence-electron chi connectivity index (χ3n) is 4.42. The Labute approximate surface area is 169 Å². The lowest BCUT2D eigenvalue weighted by Crippen LogP contribution is -2.25. The van der Waals surface area contributed by atoms with Crippen LogP contribution in [0, 0.1) is 0 Å². The van der Waals surface area contributed by atoms with Crippen molar-refractivity contribution < 1.29 is 14.6 Å². The highest BCUT2D eigenvalue weighted by atomic mass is 16.5. The van der Waals surface area contributed by atoms with Crippen molar-refractivity contribution in [1.29, 1.82) is 0 Å². The van der Waals surface area contributed by atoms with Gasteiger partial charge in [0, 0.05) is 11.1 Å². The number of carbonyl (C=O) groups excluding carboxylic acids is 1. The second-order valence-electron chi connectivity index (χ2n) is 7.85. The fourth-order valence-electron chi connectivity index (χ4n) is 2.70. The second-order valence-corrected chi connectivity index (χ2v) is 7.85. The minimum Gasteiger partial charge on any atom is -0.491 e. The first-order valence-electron chi connectivity index (χ1n) is 9.32. The third-order valence-corrected chi connectivity index (χ3v) is 4.42. The van der Waals surface area contributed by atoms with Crippen LogP contribution < -0.4 is 10.5 Å². The molecule has 0 unspecified atom stereocenters. The van der Waals surface area contributed by atoms with Crippen molar-refractivity contribution in [2.24, 2.45) is 5.73 Å². The summed E-state index contributed by atoms with van der Waals surface area (Å²) in [7, 11) is 0. The quantitative estimate of drug-likeness (QED) is 0.633. The number of nitrogens with two attached hydrogens (primary N) is 1. The predicted octanol–water partition coefficient (Wildman–Crippen LogP) is 2.18. The molecule has 152 valence electrons. The molecule has 29 heavy (non-hydrogen) atoms. The highest BCUT2D eigenvalue weighted by Crippen LogP contribution is 2.24. The lowest BCUT2D eigenvalue weighted by molar-refractivity contribution is 0.0849. The Balaban J connectivity index is 1.55. The lowest BCUT2D eigenvalue weighted by atomic mass is 9.87. The number of aliphatic hydroxyl groups excluding tert-OH is 1. The zero-order chi connectivity index (χ0) is 21.0. The minimum atomic E-state index is -0.795. The fourth-order valence-corrected chi connectivity index (χ4v) is 2.70. The van der Waals surface area contributed by atoms with E-state index in [0.29, 0.717) is 22.7 Å². The number of aromatic nitrogens is 4. The lowest BCUT2D eigenvalue weighted by Gasteiger charge is -2.19. The van der Waals surface area contributed by atoms with Crippen molar-refractivity contribution >= 4 is 5.91 Å². The summed E-state index contributed by atoms with van der Waals surface area (Å²) in [5.74, 6) is 0.593. The van der Waals surface area contributed by atoms with Gasteiger partial charge in [-0.05, 0) is 40.5 Å². The molecule has 3 N–H and O–H groups in total. The molecule has 0 spiro atoms. The topological polar surface area (TPSA) is 116 Å². The van der Waals surface area contributed by atoms with Crippen LogP contribution in [0.3, 0.4) is 0 Å². The molecule has 8 nitrogen and oxygen atoms in total. The molecule has 0 fully saturated rings. The molecule has 0 radical (unpaired) electrons. The average molecular weight is 395 g/mol. The van der Waals surface area contributed by atoms with Gasteiger partial charge in [-0.1, -0.05) is 45.0 Å². The molecule has 8 heteroatoms. The largest absolute Gasteiger partial charge is 0.491 e. The maximum atomic E-state index is 11.1. The molecule has 3 rings (SSSR count). The zero-order valence-corrected chi connectivity index (χ0v) is 16.7. The van der Waals surface area contributed by atoms with Crippen molar-refractivity contribution in [3.05, 3.63) is 59.7 Å². The minimum absolute atomic E-state index is 0.0781. The van der Waals surface area contributed by atoms with Crippen LogP contribution in [-0.4, -0.2) is 43.9 Å². The number of primary amides is 1. The van der Waals surface area contributed by atoms with Gasteiger partial charge in [0.2, 0.25) is 11.7 Å². The zero-order valence-electron chi connectivity index (χ0n) is 16.7. The number of ether oxygens (including phenoxy) is 1. The number of hydrogen-bond acceptors (Lipinski definition) is 6. The van der Waals surface area contributed by atoms with Gasteiger partial charge in [-0.15, -0.1) is 10.2 Å². The average Bonchev–Trinajstić information content (AvgIpc) is 3.14. The highest BCUT2D eigenvalue weighted by Gasteiger charge is 2.14. The van der Waals surface area contributed by atoms with E-state index in [2.05, 4.69) is 36.2 Å². The van der Waals surface area contributed by atoms with Crippen molar-refractivity contribution in [1.82, 2.24) is 20.2 Å². The summed E-state index contributed by atoms with van der Waals surface area (Å²) in [6.07, 6.45) is -0.795. The Morgan fingerprint density at radius 2 is 1.79 bits per heavy atom. The van der Waals surface area contributed by atoms with Crippen LogP contribution in [-0.2, 0) is 12.0 Å². The summed E-state index contributed by atoms with van der Waals surface area (Å²) in [4.78, 5) is 12.4. The Morgan fingerprint density at radius 3 is 2.38 bits per heavy atom. The summed E-state index contributed by atoms with van der Waals surface area (Å²) in [6, 6.07) is 14.4. The molecule has 0 aliphatic carbocycles. The molecule has 1 amide bonds. The van der Waals surface area contributed by atoms with E-state index in [4.69, 9.17) is 10.5 Å². The molecular formula is C21H25N5O3. The molecule has 0 aliphatic heterocycles. The maximum absolute atomic E-state index is 11.1. The number of hydrogen-bond donors (Lipinski definition) is 2. The van der Waals surface area contributed by atoms with Gasteiger partial charge >= 0.3 is 0 Å². The number of benzene rings is 2. The first-order valence-corrected chi connectivity index (χ1v) is 9.32. The Morgan fingerprint density at radius 1 is 1.14 bits per heavy atom. The second kappa shape index (κ2) is 8.40. The van der Waals surface area contributed by atoms with Crippen LogP contribution in [0.4, 0.5) is 0 Å². The molecule has 1 atom stereocenters. The monoisotopic (exact) mass is 395 g/mol. The van der Waals surface area contributed by atoms with E-state index >= 15 is 0 Å². The SMILES string of the molecule is CC(C)(C)c1ccc(OC[C@H](O)Cn2nnc(-c3ccc(C(N)=O)cc3)n2)cc1. The van der Waals surface area contributed by atoms with Crippen LogP contribution >= 0.6 is 0 Å². The fraction of sp³-hybridized carbons (Fsp3) is 0.333. The van der Waals surface area contributed by atoms with Crippen LogP contribution in [0.2, 0.25) is 0 Å². The van der Waals surface area contributed by atoms with E-state index in [9.17, 15) is 9.90 Å². The van der Waals surface area contributed by atoms with Crippen LogP contribution in [0.1, 0.15) is 36.7 Å². The van der Waals surface area contributed by atoms with E-state index in [0.717, 1.165) is 0 Å². The molecule has 2 aromatic carbocycles. The van der Waals surface area contributed by atoms with Crippen LogP contribution in [0.5, 0.6) is 5.75 Å². The smallest absolute Gasteiger partial charge is 0.248 e. The first kappa shape index (κ1) is 20.5. The van der Waals surface area contributed by atoms with Gasteiger partial charge in [-0.2, -0.15) is 4.80 Å². The van der Waals surface area contributed by atoms with Gasteiger partial charge in [0.05, 0.1) is 6.54 Å². The van der Waals surface area contributed by atoms with Gasteiger partial charge < -0.3 is 15.6 Å². The number of rotatable bonds is 7. The van der Waals surface area contributed by atoms with E-state index < -0.39 is 12.0 Å².